The summed E-state index contributed by atoms with van der Waals surface area (Å²) in [7, 11) is 0. The number of nitrogens with one attached hydrogen (secondary N) is 1. The number of hydrogen-bond acceptors (Lipinski definition) is 4. The molecule has 1 heterocycles. The lowest BCUT2D eigenvalue weighted by molar-refractivity contribution is 0.0300. The molecule has 112 valence electrons. The third-order valence-corrected chi connectivity index (χ3v) is 3.83. The van der Waals surface area contributed by atoms with E-state index in [1.807, 2.05) is 32.0 Å². The number of anilines is 2. The molecule has 2 rings (SSSR count). The van der Waals surface area contributed by atoms with Crippen molar-refractivity contribution in [2.75, 3.05) is 30.8 Å². The van der Waals surface area contributed by atoms with Crippen LogP contribution in [0.15, 0.2) is 18.2 Å². The molecule has 0 radical (unpaired) electrons. The van der Waals surface area contributed by atoms with Gasteiger partial charge >= 0.3 is 0 Å². The van der Waals surface area contributed by atoms with E-state index in [9.17, 15) is 0 Å². The van der Waals surface area contributed by atoms with Gasteiger partial charge in [0.25, 0.3) is 0 Å². The van der Waals surface area contributed by atoms with Crippen molar-refractivity contribution in [1.29, 1.82) is 0 Å². The van der Waals surface area contributed by atoms with Gasteiger partial charge in [0.2, 0.25) is 0 Å². The Morgan fingerprint density at radius 3 is 2.70 bits per heavy atom. The van der Waals surface area contributed by atoms with Crippen LogP contribution in [-0.2, 0) is 4.74 Å². The number of nitrogens with two attached hydrogens (primary N) is 1. The van der Waals surface area contributed by atoms with E-state index >= 15 is 0 Å². The lowest BCUT2D eigenvalue weighted by atomic mass is 9.82. The summed E-state index contributed by atoms with van der Waals surface area (Å²) in [6.45, 7) is 8.92. The number of rotatable bonds is 5. The van der Waals surface area contributed by atoms with E-state index < -0.39 is 0 Å². The molecule has 0 unspecified atom stereocenters. The molecule has 1 aliphatic heterocycles. The normalized spacial score (nSPS) is 18.0. The summed E-state index contributed by atoms with van der Waals surface area (Å²) in [6.07, 6.45) is 2.30. The lowest BCUT2D eigenvalue weighted by Crippen LogP contribution is -2.33. The van der Waals surface area contributed by atoms with Crippen LogP contribution >= 0.6 is 0 Å². The molecule has 1 aromatic carbocycles. The van der Waals surface area contributed by atoms with Gasteiger partial charge < -0.3 is 20.5 Å². The van der Waals surface area contributed by atoms with Gasteiger partial charge in [0.1, 0.15) is 5.75 Å². The van der Waals surface area contributed by atoms with Crippen LogP contribution in [0.3, 0.4) is 0 Å². The van der Waals surface area contributed by atoms with Crippen molar-refractivity contribution in [3.63, 3.8) is 0 Å². The van der Waals surface area contributed by atoms with Gasteiger partial charge in [0, 0.05) is 19.8 Å². The molecule has 1 fully saturated rings. The van der Waals surface area contributed by atoms with Crippen molar-refractivity contribution in [2.45, 2.75) is 39.7 Å². The summed E-state index contributed by atoms with van der Waals surface area (Å²) in [5.74, 6) is 0.752. The predicted molar refractivity (Wildman–Crippen MR) is 83.3 cm³/mol. The van der Waals surface area contributed by atoms with Crippen LogP contribution in [0.1, 0.15) is 33.6 Å². The Morgan fingerprint density at radius 2 is 2.05 bits per heavy atom. The summed E-state index contributed by atoms with van der Waals surface area (Å²) in [4.78, 5) is 0. The van der Waals surface area contributed by atoms with Crippen molar-refractivity contribution in [3.05, 3.63) is 18.2 Å². The highest BCUT2D eigenvalue weighted by Gasteiger charge is 2.27. The fourth-order valence-electron chi connectivity index (χ4n) is 2.40. The van der Waals surface area contributed by atoms with Crippen LogP contribution < -0.4 is 15.8 Å². The molecule has 3 N–H and O–H groups in total. The minimum atomic E-state index is 0.126. The van der Waals surface area contributed by atoms with Gasteiger partial charge in [0.15, 0.2) is 0 Å². The SMILES string of the molecule is CC(C)Oc1cccc(NCC2(C)CCOCC2)c1N. The average Bonchev–Trinajstić information content (AvgIpc) is 2.40. The first kappa shape index (κ1) is 15.0. The van der Waals surface area contributed by atoms with Crippen molar-refractivity contribution in [1.82, 2.24) is 0 Å². The second-order valence-electron chi connectivity index (χ2n) is 6.16. The maximum atomic E-state index is 6.18. The van der Waals surface area contributed by atoms with Gasteiger partial charge in [-0.2, -0.15) is 0 Å². The molecule has 0 saturated carbocycles. The Morgan fingerprint density at radius 1 is 1.35 bits per heavy atom. The maximum Gasteiger partial charge on any atom is 0.144 e. The lowest BCUT2D eigenvalue weighted by Gasteiger charge is -2.34. The first-order chi connectivity index (χ1) is 9.50. The molecule has 0 bridgehead atoms. The van der Waals surface area contributed by atoms with Gasteiger partial charge in [-0.25, -0.2) is 0 Å². The van der Waals surface area contributed by atoms with E-state index in [0.717, 1.165) is 44.0 Å². The van der Waals surface area contributed by atoms with Crippen LogP contribution in [0, 0.1) is 5.41 Å². The highest BCUT2D eigenvalue weighted by molar-refractivity contribution is 5.73. The van der Waals surface area contributed by atoms with E-state index in [4.69, 9.17) is 15.2 Å². The zero-order chi connectivity index (χ0) is 14.6. The summed E-state index contributed by atoms with van der Waals surface area (Å²) >= 11 is 0. The molecule has 0 amide bonds. The number of para-hydroxylation sites is 1. The van der Waals surface area contributed by atoms with Crippen LogP contribution in [0.25, 0.3) is 0 Å². The quantitative estimate of drug-likeness (QED) is 0.812. The molecular weight excluding hydrogens is 252 g/mol. The molecule has 1 aromatic rings. The molecule has 0 spiro atoms. The fraction of sp³-hybridized carbons (Fsp3) is 0.625. The molecule has 1 saturated heterocycles. The zero-order valence-corrected chi connectivity index (χ0v) is 12.7. The highest BCUT2D eigenvalue weighted by Crippen LogP contribution is 2.33. The van der Waals surface area contributed by atoms with Gasteiger partial charge in [-0.05, 0) is 44.2 Å². The molecular formula is C16H26N2O2. The van der Waals surface area contributed by atoms with E-state index in [-0.39, 0.29) is 11.5 Å². The minimum Gasteiger partial charge on any atom is -0.489 e. The van der Waals surface area contributed by atoms with E-state index in [0.29, 0.717) is 5.69 Å². The second kappa shape index (κ2) is 6.35. The standard InChI is InChI=1S/C16H26N2O2/c1-12(2)20-14-6-4-5-13(15(14)17)18-11-16(3)7-9-19-10-8-16/h4-6,12,18H,7-11,17H2,1-3H3. The van der Waals surface area contributed by atoms with Gasteiger partial charge in [-0.1, -0.05) is 13.0 Å². The molecule has 0 aromatic heterocycles. The Kier molecular flexibility index (Phi) is 4.76. The first-order valence-corrected chi connectivity index (χ1v) is 7.37. The molecule has 1 aliphatic rings. The summed E-state index contributed by atoms with van der Waals surface area (Å²) < 4.78 is 11.1. The second-order valence-corrected chi connectivity index (χ2v) is 6.16. The van der Waals surface area contributed by atoms with Gasteiger partial charge in [0.05, 0.1) is 17.5 Å². The third kappa shape index (κ3) is 3.79. The largest absolute Gasteiger partial charge is 0.489 e. The van der Waals surface area contributed by atoms with Gasteiger partial charge in [-0.15, -0.1) is 0 Å². The van der Waals surface area contributed by atoms with Crippen LogP contribution in [-0.4, -0.2) is 25.9 Å². The summed E-state index contributed by atoms with van der Waals surface area (Å²) in [5.41, 5.74) is 8.10. The molecule has 0 atom stereocenters. The number of benzene rings is 1. The number of nitrogen functional groups attached to an aromatic ring is 1. The van der Waals surface area contributed by atoms with Gasteiger partial charge in [-0.3, -0.25) is 0 Å². The van der Waals surface area contributed by atoms with Crippen molar-refractivity contribution in [3.8, 4) is 5.75 Å². The van der Waals surface area contributed by atoms with Crippen molar-refractivity contribution < 1.29 is 9.47 Å². The summed E-state index contributed by atoms with van der Waals surface area (Å²) in [5, 5.41) is 3.48. The average molecular weight is 278 g/mol. The van der Waals surface area contributed by atoms with E-state index in [1.54, 1.807) is 0 Å². The predicted octanol–water partition coefficient (Wildman–Crippen LogP) is 3.28. The van der Waals surface area contributed by atoms with E-state index in [1.165, 1.54) is 0 Å². The Hall–Kier alpha value is -1.42. The number of ether oxygens (including phenoxy) is 2. The first-order valence-electron chi connectivity index (χ1n) is 7.37. The topological polar surface area (TPSA) is 56.5 Å². The van der Waals surface area contributed by atoms with Crippen molar-refractivity contribution in [2.24, 2.45) is 5.41 Å². The molecule has 0 aliphatic carbocycles. The molecule has 20 heavy (non-hydrogen) atoms. The Bertz CT molecular complexity index is 440. The molecule has 4 heteroatoms. The maximum absolute atomic E-state index is 6.18. The monoisotopic (exact) mass is 278 g/mol. The smallest absolute Gasteiger partial charge is 0.144 e. The fourth-order valence-corrected chi connectivity index (χ4v) is 2.40. The number of hydrogen-bond donors (Lipinski definition) is 2. The molecule has 4 nitrogen and oxygen atoms in total. The Balaban J connectivity index is 2.02. The van der Waals surface area contributed by atoms with Crippen LogP contribution in [0.4, 0.5) is 11.4 Å². The van der Waals surface area contributed by atoms with Crippen LogP contribution in [0.5, 0.6) is 5.75 Å². The Labute approximate surface area is 121 Å². The van der Waals surface area contributed by atoms with E-state index in [2.05, 4.69) is 12.2 Å². The van der Waals surface area contributed by atoms with Crippen LogP contribution in [0.2, 0.25) is 0 Å². The third-order valence-electron chi connectivity index (χ3n) is 3.83. The zero-order valence-electron chi connectivity index (χ0n) is 12.7. The highest BCUT2D eigenvalue weighted by atomic mass is 16.5. The van der Waals surface area contributed by atoms with Crippen molar-refractivity contribution >= 4 is 11.4 Å². The minimum absolute atomic E-state index is 0.126. The summed E-state index contributed by atoms with van der Waals surface area (Å²) in [6, 6.07) is 5.89.